The van der Waals surface area contributed by atoms with Crippen LogP contribution in [0.5, 0.6) is 5.75 Å². The number of H-pyrrole nitrogens is 1. The molecule has 36 heavy (non-hydrogen) atoms. The molecule has 2 aromatic heterocycles. The molecule has 2 unspecified atom stereocenters. The number of hydrogen-bond donors (Lipinski definition) is 2. The van der Waals surface area contributed by atoms with Crippen molar-refractivity contribution in [3.05, 3.63) is 29.4 Å². The molecule has 0 spiro atoms. The molecule has 2 saturated carbocycles. The fraction of sp³-hybridized carbons (Fsp3) is 0.519. The van der Waals surface area contributed by atoms with E-state index < -0.39 is 0 Å². The van der Waals surface area contributed by atoms with Gasteiger partial charge in [0, 0.05) is 42.1 Å². The van der Waals surface area contributed by atoms with Gasteiger partial charge in [0.2, 0.25) is 0 Å². The summed E-state index contributed by atoms with van der Waals surface area (Å²) in [4.78, 5) is 28.0. The van der Waals surface area contributed by atoms with Crippen LogP contribution in [0.3, 0.4) is 0 Å². The second-order valence-corrected chi connectivity index (χ2v) is 11.4. The first-order chi connectivity index (χ1) is 17.2. The molecule has 0 radical (unpaired) electrons. The van der Waals surface area contributed by atoms with Gasteiger partial charge in [-0.15, -0.1) is 0 Å². The quantitative estimate of drug-likeness (QED) is 0.495. The van der Waals surface area contributed by atoms with E-state index in [-0.39, 0.29) is 16.4 Å². The van der Waals surface area contributed by atoms with E-state index in [1.807, 2.05) is 12.1 Å². The number of hydrogen-bond acceptors (Lipinski definition) is 7. The summed E-state index contributed by atoms with van der Waals surface area (Å²) in [6, 6.07) is 6.15. The molecular weight excluding hydrogens is 478 g/mol. The van der Waals surface area contributed by atoms with Gasteiger partial charge in [0.25, 0.3) is 0 Å². The summed E-state index contributed by atoms with van der Waals surface area (Å²) in [5.74, 6) is 1.71. The van der Waals surface area contributed by atoms with Crippen molar-refractivity contribution in [1.29, 1.82) is 0 Å². The van der Waals surface area contributed by atoms with Crippen LogP contribution < -0.4 is 15.0 Å². The first-order valence-electron chi connectivity index (χ1n) is 12.6. The Balaban J connectivity index is 1.39. The van der Waals surface area contributed by atoms with Crippen LogP contribution in [0.1, 0.15) is 40.0 Å². The molecule has 3 aliphatic rings. The lowest BCUT2D eigenvalue weighted by Gasteiger charge is -2.41. The number of Topliss-reactive ketones (excluding diaryl/α,β-unsaturated/α-hetero) is 1. The van der Waals surface area contributed by atoms with Crippen LogP contribution in [-0.2, 0) is 9.53 Å². The molecule has 8 nitrogen and oxygen atoms in total. The van der Waals surface area contributed by atoms with Crippen molar-refractivity contribution < 1.29 is 14.3 Å². The number of aromatic amines is 1. The van der Waals surface area contributed by atoms with Gasteiger partial charge in [-0.05, 0) is 25.0 Å². The van der Waals surface area contributed by atoms with E-state index in [1.165, 1.54) is 0 Å². The molecule has 0 amide bonds. The molecular formula is C27H32ClN5O3. The number of halogens is 1. The summed E-state index contributed by atoms with van der Waals surface area (Å²) < 4.78 is 11.2. The van der Waals surface area contributed by atoms with Crippen molar-refractivity contribution in [2.75, 3.05) is 43.6 Å². The van der Waals surface area contributed by atoms with Gasteiger partial charge in [-0.1, -0.05) is 32.4 Å². The van der Waals surface area contributed by atoms with Crippen molar-refractivity contribution in [2.24, 2.45) is 10.8 Å². The highest BCUT2D eigenvalue weighted by Crippen LogP contribution is 2.67. The first kappa shape index (κ1) is 23.6. The summed E-state index contributed by atoms with van der Waals surface area (Å²) in [6.45, 7) is 9.65. The minimum Gasteiger partial charge on any atom is -0.496 e. The number of carbonyl (C=O) groups is 1. The van der Waals surface area contributed by atoms with E-state index in [0.717, 1.165) is 67.3 Å². The predicted octanol–water partition coefficient (Wildman–Crippen LogP) is 5.07. The molecule has 1 saturated heterocycles. The number of ether oxygens (including phenoxy) is 2. The van der Waals surface area contributed by atoms with Crippen molar-refractivity contribution in [3.8, 4) is 17.1 Å². The number of rotatable bonds is 5. The number of methoxy groups -OCH3 is 1. The van der Waals surface area contributed by atoms with Crippen LogP contribution in [0.15, 0.2) is 24.4 Å². The van der Waals surface area contributed by atoms with Crippen LogP contribution in [0.2, 0.25) is 5.02 Å². The van der Waals surface area contributed by atoms with Gasteiger partial charge in [-0.2, -0.15) is 0 Å². The zero-order valence-corrected chi connectivity index (χ0v) is 22.0. The minimum atomic E-state index is -0.362. The molecule has 2 N–H and O–H groups in total. The second kappa shape index (κ2) is 8.08. The average molecular weight is 510 g/mol. The molecule has 3 fully saturated rings. The highest BCUT2D eigenvalue weighted by Gasteiger charge is 2.69. The average Bonchev–Trinajstić information content (AvgIpc) is 3.44. The summed E-state index contributed by atoms with van der Waals surface area (Å²) in [7, 11) is 1.67. The van der Waals surface area contributed by atoms with E-state index in [4.69, 9.17) is 26.1 Å². The van der Waals surface area contributed by atoms with Crippen LogP contribution in [0.4, 0.5) is 11.4 Å². The Kier molecular flexibility index (Phi) is 5.29. The van der Waals surface area contributed by atoms with Gasteiger partial charge < -0.3 is 24.7 Å². The Bertz CT molecular complexity index is 1360. The first-order valence-corrected chi connectivity index (χ1v) is 12.9. The van der Waals surface area contributed by atoms with E-state index >= 15 is 0 Å². The van der Waals surface area contributed by atoms with Gasteiger partial charge in [0.15, 0.2) is 5.65 Å². The monoisotopic (exact) mass is 509 g/mol. The lowest BCUT2D eigenvalue weighted by Crippen LogP contribution is -2.46. The SMILES string of the molecule is COc1cc(N2CCOCC2)ccc1-c1nc2ncc(Cl)c(NC34CCC(C)(C(=O)C3)C4(C)C)c2[nH]1. The van der Waals surface area contributed by atoms with Crippen molar-refractivity contribution in [3.63, 3.8) is 0 Å². The number of anilines is 2. The standard InChI is InChI=1S/C27H32ClN5O3/c1-25(2)26(3)7-8-27(25,14-20(26)34)32-21-18(28)15-29-24-22(21)30-23(31-24)17-6-5-16(13-19(17)35-4)33-9-11-36-12-10-33/h5-6,13,15H,7-12,14H2,1-4H3,(H2,29,30,31,32). The number of nitrogens with one attached hydrogen (secondary N) is 2. The topological polar surface area (TPSA) is 92.4 Å². The molecule has 3 aromatic rings. The summed E-state index contributed by atoms with van der Waals surface area (Å²) in [6.07, 6.45) is 3.91. The maximum Gasteiger partial charge on any atom is 0.180 e. The maximum absolute atomic E-state index is 13.0. The number of benzene rings is 1. The van der Waals surface area contributed by atoms with E-state index in [2.05, 4.69) is 47.0 Å². The summed E-state index contributed by atoms with van der Waals surface area (Å²) in [5.41, 5.74) is 3.08. The van der Waals surface area contributed by atoms with Crippen molar-refractivity contribution in [1.82, 2.24) is 15.0 Å². The summed E-state index contributed by atoms with van der Waals surface area (Å²) in [5, 5.41) is 4.24. The molecule has 2 aliphatic carbocycles. The van der Waals surface area contributed by atoms with Gasteiger partial charge in [-0.3, -0.25) is 4.79 Å². The van der Waals surface area contributed by atoms with Crippen molar-refractivity contribution in [2.45, 2.75) is 45.6 Å². The number of fused-ring (bicyclic) bond motifs is 3. The molecule has 6 rings (SSSR count). The van der Waals surface area contributed by atoms with E-state index in [9.17, 15) is 4.79 Å². The largest absolute Gasteiger partial charge is 0.496 e. The zero-order chi connectivity index (χ0) is 25.3. The highest BCUT2D eigenvalue weighted by atomic mass is 35.5. The zero-order valence-electron chi connectivity index (χ0n) is 21.2. The van der Waals surface area contributed by atoms with Crippen LogP contribution in [-0.4, -0.2) is 59.7 Å². The molecule has 1 aliphatic heterocycles. The van der Waals surface area contributed by atoms with E-state index in [1.54, 1.807) is 13.3 Å². The number of carbonyl (C=O) groups excluding carboxylic acids is 1. The molecule has 2 atom stereocenters. The number of nitrogens with zero attached hydrogens (tertiary/aromatic N) is 3. The van der Waals surface area contributed by atoms with Gasteiger partial charge in [0.1, 0.15) is 22.9 Å². The number of imidazole rings is 1. The lowest BCUT2D eigenvalue weighted by molar-refractivity contribution is -0.128. The fourth-order valence-corrected chi connectivity index (χ4v) is 6.65. The number of ketones is 1. The molecule has 9 heteroatoms. The molecule has 190 valence electrons. The summed E-state index contributed by atoms with van der Waals surface area (Å²) >= 11 is 6.70. The Morgan fingerprint density at radius 3 is 2.64 bits per heavy atom. The van der Waals surface area contributed by atoms with Gasteiger partial charge in [-0.25, -0.2) is 9.97 Å². The molecule has 1 aromatic carbocycles. The van der Waals surface area contributed by atoms with Gasteiger partial charge in [0.05, 0.1) is 48.3 Å². The maximum atomic E-state index is 13.0. The third-order valence-electron chi connectivity index (χ3n) is 9.36. The van der Waals surface area contributed by atoms with Gasteiger partial charge >= 0.3 is 0 Å². The lowest BCUT2D eigenvalue weighted by atomic mass is 9.68. The Hall–Kier alpha value is -2.84. The molecule has 2 bridgehead atoms. The Labute approximate surface area is 215 Å². The van der Waals surface area contributed by atoms with Crippen LogP contribution in [0.25, 0.3) is 22.6 Å². The van der Waals surface area contributed by atoms with Crippen LogP contribution >= 0.6 is 11.6 Å². The minimum absolute atomic E-state index is 0.211. The number of aromatic nitrogens is 3. The predicted molar refractivity (Wildman–Crippen MR) is 141 cm³/mol. The third-order valence-corrected chi connectivity index (χ3v) is 9.65. The number of pyridine rings is 1. The highest BCUT2D eigenvalue weighted by molar-refractivity contribution is 6.34. The van der Waals surface area contributed by atoms with Crippen molar-refractivity contribution >= 4 is 39.9 Å². The van der Waals surface area contributed by atoms with E-state index in [0.29, 0.717) is 28.7 Å². The Morgan fingerprint density at radius 1 is 1.19 bits per heavy atom. The van der Waals surface area contributed by atoms with Crippen LogP contribution in [0, 0.1) is 10.8 Å². The smallest absolute Gasteiger partial charge is 0.180 e. The number of morpholine rings is 1. The third kappa shape index (κ3) is 3.20. The normalized spacial score (nSPS) is 27.1. The Morgan fingerprint density at radius 2 is 1.97 bits per heavy atom. The fourth-order valence-electron chi connectivity index (χ4n) is 6.46. The molecule has 3 heterocycles. The second-order valence-electron chi connectivity index (χ2n) is 11.0.